The van der Waals surface area contributed by atoms with E-state index in [0.29, 0.717) is 11.5 Å². The molecular weight excluding hydrogens is 387 g/mol. The Morgan fingerprint density at radius 3 is 2.78 bits per heavy atom. The fourth-order valence-corrected chi connectivity index (χ4v) is 5.54. The number of benzene rings is 1. The van der Waals surface area contributed by atoms with Crippen molar-refractivity contribution in [1.29, 1.82) is 0 Å². The molecule has 1 aliphatic heterocycles. The molecule has 1 aromatic carbocycles. The maximum absolute atomic E-state index is 14.5. The molecule has 1 aliphatic rings. The number of aromatic nitrogens is 3. The second-order valence-corrected chi connectivity index (χ2v) is 9.76. The highest BCUT2D eigenvalue weighted by Gasteiger charge is 2.21. The van der Waals surface area contributed by atoms with Crippen molar-refractivity contribution in [2.24, 2.45) is 0 Å². The largest absolute Gasteiger partial charge is 0.311 e. The first-order chi connectivity index (χ1) is 12.9. The monoisotopic (exact) mass is 406 g/mol. The van der Waals surface area contributed by atoms with Crippen molar-refractivity contribution >= 4 is 27.0 Å². The third kappa shape index (κ3) is 3.61. The number of nitrogens with one attached hydrogen (secondary N) is 1. The van der Waals surface area contributed by atoms with Gasteiger partial charge in [-0.2, -0.15) is 0 Å². The van der Waals surface area contributed by atoms with Gasteiger partial charge in [-0.3, -0.25) is 4.72 Å². The summed E-state index contributed by atoms with van der Waals surface area (Å²) in [4.78, 5) is 0.904. The zero-order valence-electron chi connectivity index (χ0n) is 14.8. The van der Waals surface area contributed by atoms with Gasteiger partial charge in [-0.25, -0.2) is 12.8 Å². The Labute approximate surface area is 161 Å². The van der Waals surface area contributed by atoms with Crippen molar-refractivity contribution in [2.45, 2.75) is 43.4 Å². The van der Waals surface area contributed by atoms with Crippen molar-refractivity contribution < 1.29 is 12.8 Å². The molecule has 0 aliphatic carbocycles. The summed E-state index contributed by atoms with van der Waals surface area (Å²) < 4.78 is 44.3. The molecule has 4 rings (SSSR count). The normalized spacial score (nSPS) is 14.6. The lowest BCUT2D eigenvalue weighted by Crippen LogP contribution is -2.12. The van der Waals surface area contributed by atoms with Gasteiger partial charge in [0.2, 0.25) is 0 Å². The van der Waals surface area contributed by atoms with Gasteiger partial charge in [0.15, 0.2) is 5.82 Å². The Hall–Kier alpha value is -2.26. The van der Waals surface area contributed by atoms with Crippen molar-refractivity contribution in [3.63, 3.8) is 0 Å². The number of sulfonamides is 1. The smallest absolute Gasteiger partial charge is 0.271 e. The second kappa shape index (κ2) is 7.05. The Kier molecular flexibility index (Phi) is 4.73. The van der Waals surface area contributed by atoms with E-state index < -0.39 is 15.8 Å². The van der Waals surface area contributed by atoms with Crippen LogP contribution in [0.4, 0.5) is 10.1 Å². The lowest BCUT2D eigenvalue weighted by atomic mass is 10.1. The highest BCUT2D eigenvalue weighted by molar-refractivity contribution is 7.94. The fraction of sp³-hybridized carbons (Fsp3) is 0.333. The summed E-state index contributed by atoms with van der Waals surface area (Å²) >= 11 is 1.19. The Morgan fingerprint density at radius 2 is 2.00 bits per heavy atom. The van der Waals surface area contributed by atoms with E-state index in [-0.39, 0.29) is 9.77 Å². The predicted molar refractivity (Wildman–Crippen MR) is 103 cm³/mol. The van der Waals surface area contributed by atoms with Crippen LogP contribution in [0.15, 0.2) is 34.5 Å². The van der Waals surface area contributed by atoms with Gasteiger partial charge in [0.05, 0.1) is 5.56 Å². The molecule has 0 atom stereocenters. The van der Waals surface area contributed by atoms with E-state index in [1.54, 1.807) is 12.1 Å². The third-order valence-electron chi connectivity index (χ3n) is 4.55. The van der Waals surface area contributed by atoms with Crippen LogP contribution >= 0.6 is 11.3 Å². The molecule has 0 unspecified atom stereocenters. The predicted octanol–water partition coefficient (Wildman–Crippen LogP) is 3.98. The maximum atomic E-state index is 14.5. The lowest BCUT2D eigenvalue weighted by Gasteiger charge is -2.11. The van der Waals surface area contributed by atoms with E-state index in [1.807, 2.05) is 11.5 Å². The van der Waals surface area contributed by atoms with E-state index in [0.717, 1.165) is 42.9 Å². The van der Waals surface area contributed by atoms with E-state index in [2.05, 4.69) is 14.9 Å². The van der Waals surface area contributed by atoms with Gasteiger partial charge in [0.25, 0.3) is 10.0 Å². The zero-order valence-corrected chi connectivity index (χ0v) is 16.4. The number of aryl methyl sites for hydroxylation is 2. The summed E-state index contributed by atoms with van der Waals surface area (Å²) in [7, 11) is -3.71. The minimum absolute atomic E-state index is 0.224. The summed E-state index contributed by atoms with van der Waals surface area (Å²) in [6.07, 6.45) is 3.95. The van der Waals surface area contributed by atoms with Crippen molar-refractivity contribution in [2.75, 3.05) is 4.72 Å². The number of fused-ring (bicyclic) bond motifs is 1. The molecule has 0 saturated heterocycles. The molecule has 142 valence electrons. The van der Waals surface area contributed by atoms with Gasteiger partial charge >= 0.3 is 0 Å². The molecular formula is C18H19FN4O2S2. The summed E-state index contributed by atoms with van der Waals surface area (Å²) in [6, 6.07) is 7.46. The van der Waals surface area contributed by atoms with Gasteiger partial charge in [0, 0.05) is 23.5 Å². The van der Waals surface area contributed by atoms with Crippen LogP contribution in [0.3, 0.4) is 0 Å². The van der Waals surface area contributed by atoms with Crippen molar-refractivity contribution in [3.8, 4) is 11.4 Å². The standard InChI is InChI=1S/C18H19FN4O2S2/c1-12-6-9-17(26-12)27(24,25)22-13-7-8-15(19)14(11-13)18-21-20-16-5-3-2-4-10-23(16)18/h6-9,11,22H,2-5,10H2,1H3. The molecule has 0 radical (unpaired) electrons. The quantitative estimate of drug-likeness (QED) is 0.711. The molecule has 2 aromatic heterocycles. The third-order valence-corrected chi connectivity index (χ3v) is 7.42. The first-order valence-electron chi connectivity index (χ1n) is 8.75. The number of thiophene rings is 1. The number of hydrogen-bond acceptors (Lipinski definition) is 5. The summed E-state index contributed by atoms with van der Waals surface area (Å²) in [5, 5.41) is 8.37. The summed E-state index contributed by atoms with van der Waals surface area (Å²) in [5.41, 5.74) is 0.543. The first-order valence-corrected chi connectivity index (χ1v) is 11.1. The van der Waals surface area contributed by atoms with Crippen LogP contribution in [-0.2, 0) is 23.0 Å². The lowest BCUT2D eigenvalue weighted by molar-refractivity contribution is 0.602. The Morgan fingerprint density at radius 1 is 1.15 bits per heavy atom. The second-order valence-electron chi connectivity index (χ2n) is 6.57. The van der Waals surface area contributed by atoms with E-state index in [4.69, 9.17) is 0 Å². The number of anilines is 1. The van der Waals surface area contributed by atoms with Gasteiger partial charge < -0.3 is 4.57 Å². The number of halogens is 1. The average Bonchev–Trinajstić information content (AvgIpc) is 3.17. The molecule has 0 saturated carbocycles. The molecule has 1 N–H and O–H groups in total. The minimum Gasteiger partial charge on any atom is -0.311 e. The van der Waals surface area contributed by atoms with Crippen LogP contribution < -0.4 is 4.72 Å². The molecule has 0 fully saturated rings. The van der Waals surface area contributed by atoms with E-state index >= 15 is 0 Å². The van der Waals surface area contributed by atoms with E-state index in [1.165, 1.54) is 29.5 Å². The molecule has 9 heteroatoms. The van der Waals surface area contributed by atoms with Crippen molar-refractivity contribution in [1.82, 2.24) is 14.8 Å². The topological polar surface area (TPSA) is 76.9 Å². The Balaban J connectivity index is 1.70. The van der Waals surface area contributed by atoms with E-state index in [9.17, 15) is 12.8 Å². The van der Waals surface area contributed by atoms with Crippen LogP contribution in [0.25, 0.3) is 11.4 Å². The average molecular weight is 407 g/mol. The van der Waals surface area contributed by atoms with Crippen LogP contribution in [0.5, 0.6) is 0 Å². The highest BCUT2D eigenvalue weighted by atomic mass is 32.2. The molecule has 6 nitrogen and oxygen atoms in total. The molecule has 0 spiro atoms. The Bertz CT molecular complexity index is 1090. The minimum atomic E-state index is -3.71. The van der Waals surface area contributed by atoms with Gasteiger partial charge in [-0.05, 0) is 50.1 Å². The van der Waals surface area contributed by atoms with Crippen LogP contribution in [0, 0.1) is 12.7 Å². The van der Waals surface area contributed by atoms with Crippen molar-refractivity contribution in [3.05, 3.63) is 46.9 Å². The first kappa shape index (κ1) is 18.1. The summed E-state index contributed by atoms with van der Waals surface area (Å²) in [5.74, 6) is 0.837. The van der Waals surface area contributed by atoms with Gasteiger partial charge in [0.1, 0.15) is 15.9 Å². The van der Waals surface area contributed by atoms with Crippen LogP contribution in [0.1, 0.15) is 30.0 Å². The van der Waals surface area contributed by atoms with Gasteiger partial charge in [-0.15, -0.1) is 21.5 Å². The van der Waals surface area contributed by atoms with Gasteiger partial charge in [-0.1, -0.05) is 6.42 Å². The zero-order chi connectivity index (χ0) is 19.0. The molecule has 0 amide bonds. The fourth-order valence-electron chi connectivity index (χ4n) is 3.21. The number of hydrogen-bond donors (Lipinski definition) is 1. The summed E-state index contributed by atoms with van der Waals surface area (Å²) in [6.45, 7) is 2.58. The highest BCUT2D eigenvalue weighted by Crippen LogP contribution is 2.29. The molecule has 0 bridgehead atoms. The molecule has 3 heterocycles. The van der Waals surface area contributed by atoms with Crippen LogP contribution in [0.2, 0.25) is 0 Å². The van der Waals surface area contributed by atoms with Crippen LogP contribution in [-0.4, -0.2) is 23.2 Å². The number of nitrogens with zero attached hydrogens (tertiary/aromatic N) is 3. The maximum Gasteiger partial charge on any atom is 0.271 e. The SMILES string of the molecule is Cc1ccc(S(=O)(=O)Nc2ccc(F)c(-c3nnc4n3CCCCC4)c2)s1. The molecule has 27 heavy (non-hydrogen) atoms. The number of rotatable bonds is 4. The molecule has 3 aromatic rings.